The first-order valence-corrected chi connectivity index (χ1v) is 8.55. The first-order chi connectivity index (χ1) is 11.9. The Hall–Kier alpha value is -2.62. The minimum atomic E-state index is -0.341. The van der Waals surface area contributed by atoms with Crippen LogP contribution in [0.2, 0.25) is 0 Å². The van der Waals surface area contributed by atoms with Crippen LogP contribution in [0.4, 0.5) is 10.1 Å². The number of nitrogens with one attached hydrogen (secondary N) is 1. The molecule has 3 nitrogen and oxygen atoms in total. The van der Waals surface area contributed by atoms with Crippen LogP contribution in [0.5, 0.6) is 5.88 Å². The van der Waals surface area contributed by atoms with Crippen molar-refractivity contribution in [3.05, 3.63) is 58.9 Å². The summed E-state index contributed by atoms with van der Waals surface area (Å²) in [5.74, 6) is 0.323. The van der Waals surface area contributed by atoms with Crippen molar-refractivity contribution >= 4 is 22.8 Å². The van der Waals surface area contributed by atoms with Gasteiger partial charge in [0.25, 0.3) is 0 Å². The predicted octanol–water partition coefficient (Wildman–Crippen LogP) is 6.01. The van der Waals surface area contributed by atoms with Crippen LogP contribution < -0.4 is 0 Å². The van der Waals surface area contributed by atoms with Crippen molar-refractivity contribution < 1.29 is 9.50 Å². The second kappa shape index (κ2) is 6.71. The number of rotatable bonds is 4. The molecule has 1 heterocycles. The maximum absolute atomic E-state index is 13.6. The van der Waals surface area contributed by atoms with Crippen molar-refractivity contribution in [1.82, 2.24) is 4.98 Å². The number of hydrogen-bond donors (Lipinski definition) is 2. The summed E-state index contributed by atoms with van der Waals surface area (Å²) in [6.07, 6.45) is 1.63. The van der Waals surface area contributed by atoms with Crippen molar-refractivity contribution in [2.24, 2.45) is 4.99 Å². The van der Waals surface area contributed by atoms with Gasteiger partial charge in [-0.3, -0.25) is 4.99 Å². The van der Waals surface area contributed by atoms with Crippen LogP contribution in [0, 0.1) is 5.82 Å². The van der Waals surface area contributed by atoms with E-state index in [1.54, 1.807) is 12.3 Å². The van der Waals surface area contributed by atoms with Crippen molar-refractivity contribution in [2.45, 2.75) is 39.5 Å². The lowest BCUT2D eigenvalue weighted by molar-refractivity contribution is 0.457. The molecule has 130 valence electrons. The van der Waals surface area contributed by atoms with Crippen LogP contribution in [-0.2, 0) is 0 Å². The summed E-state index contributed by atoms with van der Waals surface area (Å²) in [5, 5.41) is 10.8. The van der Waals surface area contributed by atoms with Crippen LogP contribution in [0.1, 0.15) is 56.2 Å². The number of aromatic amines is 1. The van der Waals surface area contributed by atoms with Crippen LogP contribution in [0.25, 0.3) is 10.9 Å². The summed E-state index contributed by atoms with van der Waals surface area (Å²) in [6.45, 7) is 8.54. The fourth-order valence-corrected chi connectivity index (χ4v) is 3.09. The fourth-order valence-electron chi connectivity index (χ4n) is 3.09. The van der Waals surface area contributed by atoms with E-state index in [1.165, 1.54) is 12.1 Å². The highest BCUT2D eigenvalue weighted by Crippen LogP contribution is 2.35. The number of aliphatic imine (C=N–C) groups is 1. The van der Waals surface area contributed by atoms with Crippen molar-refractivity contribution in [3.8, 4) is 5.88 Å². The molecule has 0 atom stereocenters. The van der Waals surface area contributed by atoms with Gasteiger partial charge < -0.3 is 10.1 Å². The fraction of sp³-hybridized carbons (Fsp3) is 0.286. The van der Waals surface area contributed by atoms with Gasteiger partial charge in [-0.15, -0.1) is 0 Å². The van der Waals surface area contributed by atoms with Gasteiger partial charge in [-0.05, 0) is 41.2 Å². The molecule has 0 aliphatic carbocycles. The average molecular weight is 338 g/mol. The summed E-state index contributed by atoms with van der Waals surface area (Å²) in [5.41, 5.74) is 4.43. The molecule has 0 spiro atoms. The Balaban J connectivity index is 2.15. The normalized spacial score (nSPS) is 12.1. The molecule has 3 rings (SSSR count). The maximum Gasteiger partial charge on any atom is 0.198 e. The summed E-state index contributed by atoms with van der Waals surface area (Å²) in [7, 11) is 0. The molecule has 4 heteroatoms. The van der Waals surface area contributed by atoms with E-state index in [9.17, 15) is 9.50 Å². The number of benzene rings is 2. The monoisotopic (exact) mass is 338 g/mol. The van der Waals surface area contributed by atoms with E-state index >= 15 is 0 Å². The van der Waals surface area contributed by atoms with Crippen LogP contribution in [0.15, 0.2) is 41.4 Å². The Kier molecular flexibility index (Phi) is 4.62. The van der Waals surface area contributed by atoms with Gasteiger partial charge in [-0.2, -0.15) is 0 Å². The van der Waals surface area contributed by atoms with E-state index in [-0.39, 0.29) is 11.7 Å². The van der Waals surface area contributed by atoms with Gasteiger partial charge in [0.1, 0.15) is 5.82 Å². The SMILES string of the molecule is CC(C)c1cccc(C(C)C)c1N=Cc1c(O)[nH]c2ccc(F)cc12. The summed E-state index contributed by atoms with van der Waals surface area (Å²) < 4.78 is 13.6. The minimum Gasteiger partial charge on any atom is -0.494 e. The van der Waals surface area contributed by atoms with Gasteiger partial charge in [-0.1, -0.05) is 45.9 Å². The lowest BCUT2D eigenvalue weighted by Gasteiger charge is -2.16. The molecule has 0 saturated heterocycles. The molecule has 0 saturated carbocycles. The van der Waals surface area contributed by atoms with Gasteiger partial charge >= 0.3 is 0 Å². The number of para-hydroxylation sites is 1. The lowest BCUT2D eigenvalue weighted by Crippen LogP contribution is -1.95. The Morgan fingerprint density at radius 2 is 1.68 bits per heavy atom. The second-order valence-corrected chi connectivity index (χ2v) is 6.93. The molecule has 0 unspecified atom stereocenters. The van der Waals surface area contributed by atoms with E-state index < -0.39 is 0 Å². The van der Waals surface area contributed by atoms with Crippen LogP contribution in [-0.4, -0.2) is 16.3 Å². The highest BCUT2D eigenvalue weighted by molar-refractivity contribution is 6.02. The third kappa shape index (κ3) is 3.29. The molecule has 0 fully saturated rings. The third-order valence-electron chi connectivity index (χ3n) is 4.45. The van der Waals surface area contributed by atoms with Crippen molar-refractivity contribution in [2.75, 3.05) is 0 Å². The Morgan fingerprint density at radius 1 is 1.04 bits per heavy atom. The van der Waals surface area contributed by atoms with Crippen molar-refractivity contribution in [1.29, 1.82) is 0 Å². The molecule has 0 aliphatic heterocycles. The van der Waals surface area contributed by atoms with Gasteiger partial charge in [-0.25, -0.2) is 4.39 Å². The molecule has 1 aromatic heterocycles. The second-order valence-electron chi connectivity index (χ2n) is 6.93. The number of fused-ring (bicyclic) bond motifs is 1. The smallest absolute Gasteiger partial charge is 0.198 e. The van der Waals surface area contributed by atoms with Gasteiger partial charge in [0.15, 0.2) is 5.88 Å². The van der Waals surface area contributed by atoms with Crippen LogP contribution in [0.3, 0.4) is 0 Å². The quantitative estimate of drug-likeness (QED) is 0.562. The largest absolute Gasteiger partial charge is 0.494 e. The number of aromatic hydroxyl groups is 1. The number of hydrogen-bond acceptors (Lipinski definition) is 2. The van der Waals surface area contributed by atoms with E-state index in [4.69, 9.17) is 4.99 Å². The first-order valence-electron chi connectivity index (χ1n) is 8.55. The summed E-state index contributed by atoms with van der Waals surface area (Å²) >= 11 is 0. The predicted molar refractivity (Wildman–Crippen MR) is 102 cm³/mol. The first kappa shape index (κ1) is 17.2. The molecule has 0 bridgehead atoms. The Bertz CT molecular complexity index is 912. The Labute approximate surface area is 147 Å². The topological polar surface area (TPSA) is 48.4 Å². The molecule has 0 aliphatic rings. The molecular formula is C21H23FN2O. The molecular weight excluding hydrogens is 315 g/mol. The van der Waals surface area contributed by atoms with E-state index in [2.05, 4.69) is 50.9 Å². The van der Waals surface area contributed by atoms with E-state index in [0.29, 0.717) is 28.3 Å². The summed E-state index contributed by atoms with van der Waals surface area (Å²) in [6, 6.07) is 10.6. The zero-order valence-corrected chi connectivity index (χ0v) is 15.0. The molecule has 0 radical (unpaired) electrons. The van der Waals surface area contributed by atoms with Crippen molar-refractivity contribution in [3.63, 3.8) is 0 Å². The number of H-pyrrole nitrogens is 1. The van der Waals surface area contributed by atoms with Gasteiger partial charge in [0, 0.05) is 17.1 Å². The zero-order valence-electron chi connectivity index (χ0n) is 15.0. The number of aromatic nitrogens is 1. The number of halogens is 1. The zero-order chi connectivity index (χ0) is 18.1. The van der Waals surface area contributed by atoms with E-state index in [1.807, 2.05) is 0 Å². The summed E-state index contributed by atoms with van der Waals surface area (Å²) in [4.78, 5) is 7.57. The minimum absolute atomic E-state index is 0.00234. The van der Waals surface area contributed by atoms with Gasteiger partial charge in [0.05, 0.1) is 11.3 Å². The van der Waals surface area contributed by atoms with Crippen LogP contribution >= 0.6 is 0 Å². The average Bonchev–Trinajstić information content (AvgIpc) is 2.87. The molecule has 25 heavy (non-hydrogen) atoms. The Morgan fingerprint density at radius 3 is 2.28 bits per heavy atom. The molecule has 2 N–H and O–H groups in total. The molecule has 0 amide bonds. The molecule has 2 aromatic carbocycles. The lowest BCUT2D eigenvalue weighted by atomic mass is 9.93. The highest BCUT2D eigenvalue weighted by atomic mass is 19.1. The standard InChI is InChI=1S/C21H23FN2O/c1-12(2)15-6-5-7-16(13(3)4)20(15)23-11-18-17-10-14(22)8-9-19(17)24-21(18)25/h5-13,24-25H,1-4H3. The van der Waals surface area contributed by atoms with Gasteiger partial charge in [0.2, 0.25) is 0 Å². The maximum atomic E-state index is 13.6. The highest BCUT2D eigenvalue weighted by Gasteiger charge is 2.14. The number of nitrogens with zero attached hydrogens (tertiary/aromatic N) is 1. The molecule has 3 aromatic rings. The third-order valence-corrected chi connectivity index (χ3v) is 4.45. The van der Waals surface area contributed by atoms with E-state index in [0.717, 1.165) is 16.8 Å².